The minimum Gasteiger partial charge on any atom is -0.468 e. The summed E-state index contributed by atoms with van der Waals surface area (Å²) in [6.07, 6.45) is 0.990. The molecule has 107 valence electrons. The van der Waals surface area contributed by atoms with Crippen molar-refractivity contribution in [2.75, 3.05) is 13.7 Å². The standard InChI is InChI=1S/C16H16NO2SSi/c1-19-16(18)15(12-4-2-3-5-14(12)21)17-8-6-13-11(10-17)7-9-20-13/h2-5,7,9,15H,6,8,10H2,1H3/t15-/m0/s1. The molecule has 0 saturated heterocycles. The van der Waals surface area contributed by atoms with Gasteiger partial charge in [-0.05, 0) is 29.0 Å². The average molecular weight is 314 g/mol. The first kappa shape index (κ1) is 14.5. The molecule has 0 saturated carbocycles. The molecule has 21 heavy (non-hydrogen) atoms. The summed E-state index contributed by atoms with van der Waals surface area (Å²) < 4.78 is 5.04. The highest BCUT2D eigenvalue weighted by Gasteiger charge is 2.32. The molecule has 2 heterocycles. The first-order chi connectivity index (χ1) is 10.2. The normalized spacial score (nSPS) is 16.3. The van der Waals surface area contributed by atoms with Gasteiger partial charge in [0.05, 0.1) is 17.4 Å². The lowest BCUT2D eigenvalue weighted by Crippen LogP contribution is -2.40. The first-order valence-electron chi connectivity index (χ1n) is 6.88. The van der Waals surface area contributed by atoms with E-state index < -0.39 is 0 Å². The van der Waals surface area contributed by atoms with Crippen LogP contribution in [0, 0.1) is 0 Å². The quantitative estimate of drug-likeness (QED) is 0.639. The highest BCUT2D eigenvalue weighted by atomic mass is 32.1. The van der Waals surface area contributed by atoms with Crippen molar-refractivity contribution in [3.63, 3.8) is 0 Å². The number of fused-ring (bicyclic) bond motifs is 1. The topological polar surface area (TPSA) is 29.5 Å². The number of esters is 1. The van der Waals surface area contributed by atoms with Gasteiger partial charge in [0.15, 0.2) is 0 Å². The van der Waals surface area contributed by atoms with Gasteiger partial charge in [0.2, 0.25) is 0 Å². The number of hydrogen-bond acceptors (Lipinski definition) is 4. The fourth-order valence-corrected chi connectivity index (χ4v) is 4.02. The summed E-state index contributed by atoms with van der Waals surface area (Å²) in [6.45, 7) is 1.66. The van der Waals surface area contributed by atoms with E-state index in [-0.39, 0.29) is 12.0 Å². The Morgan fingerprint density at radius 1 is 1.38 bits per heavy atom. The Kier molecular flexibility index (Phi) is 4.23. The van der Waals surface area contributed by atoms with Crippen molar-refractivity contribution in [1.29, 1.82) is 0 Å². The number of hydrogen-bond donors (Lipinski definition) is 0. The molecule has 1 aromatic heterocycles. The second-order valence-electron chi connectivity index (χ2n) is 5.10. The molecule has 0 aliphatic carbocycles. The lowest BCUT2D eigenvalue weighted by molar-refractivity contribution is -0.147. The van der Waals surface area contributed by atoms with Crippen LogP contribution >= 0.6 is 11.3 Å². The van der Waals surface area contributed by atoms with E-state index in [1.807, 2.05) is 24.3 Å². The van der Waals surface area contributed by atoms with E-state index in [0.29, 0.717) is 0 Å². The third-order valence-corrected chi connectivity index (χ3v) is 5.36. The van der Waals surface area contributed by atoms with E-state index in [9.17, 15) is 4.79 Å². The lowest BCUT2D eigenvalue weighted by atomic mass is 10.0. The maximum absolute atomic E-state index is 12.3. The van der Waals surface area contributed by atoms with Crippen LogP contribution in [-0.4, -0.2) is 34.8 Å². The van der Waals surface area contributed by atoms with Gasteiger partial charge in [-0.3, -0.25) is 4.90 Å². The molecule has 0 N–H and O–H groups in total. The molecule has 3 rings (SSSR count). The molecular weight excluding hydrogens is 298 g/mol. The van der Waals surface area contributed by atoms with E-state index in [1.54, 1.807) is 11.3 Å². The van der Waals surface area contributed by atoms with Crippen LogP contribution in [0.5, 0.6) is 0 Å². The molecule has 1 atom stereocenters. The summed E-state index contributed by atoms with van der Waals surface area (Å²) in [4.78, 5) is 16.0. The summed E-state index contributed by atoms with van der Waals surface area (Å²) >= 11 is 1.80. The molecule has 0 spiro atoms. The molecule has 3 nitrogen and oxygen atoms in total. The number of thiophene rings is 1. The SMILES string of the molecule is COC(=O)[C@H](c1ccccc1[Si])N1CCc2sccc2C1. The lowest BCUT2D eigenvalue weighted by Gasteiger charge is -2.33. The predicted molar refractivity (Wildman–Crippen MR) is 85.0 cm³/mol. The fourth-order valence-electron chi connectivity index (χ4n) is 2.81. The van der Waals surface area contributed by atoms with Crippen LogP contribution in [-0.2, 0) is 22.5 Å². The number of methoxy groups -OCH3 is 1. The van der Waals surface area contributed by atoms with Crippen molar-refractivity contribution in [3.8, 4) is 0 Å². The van der Waals surface area contributed by atoms with Crippen LogP contribution < -0.4 is 5.19 Å². The Labute approximate surface area is 132 Å². The summed E-state index contributed by atoms with van der Waals surface area (Å²) in [5, 5.41) is 3.06. The van der Waals surface area contributed by atoms with Gasteiger partial charge < -0.3 is 4.74 Å². The molecule has 1 aliphatic heterocycles. The minimum absolute atomic E-state index is 0.209. The zero-order chi connectivity index (χ0) is 14.8. The van der Waals surface area contributed by atoms with Gasteiger partial charge in [0, 0.05) is 18.0 Å². The summed E-state index contributed by atoms with van der Waals surface area (Å²) in [5.41, 5.74) is 2.28. The van der Waals surface area contributed by atoms with E-state index in [2.05, 4.69) is 26.6 Å². The molecule has 2 aromatic rings. The number of carbonyl (C=O) groups is 1. The molecule has 1 aliphatic rings. The van der Waals surface area contributed by atoms with Gasteiger partial charge in [0.1, 0.15) is 6.04 Å². The molecule has 3 radical (unpaired) electrons. The Hall–Kier alpha value is -1.43. The van der Waals surface area contributed by atoms with Crippen molar-refractivity contribution in [3.05, 3.63) is 51.7 Å². The van der Waals surface area contributed by atoms with Crippen LogP contribution in [0.15, 0.2) is 35.7 Å². The Bertz CT molecular complexity index is 655. The molecule has 0 fully saturated rings. The number of benzene rings is 1. The van der Waals surface area contributed by atoms with Crippen molar-refractivity contribution in [2.24, 2.45) is 0 Å². The van der Waals surface area contributed by atoms with Gasteiger partial charge in [0.25, 0.3) is 0 Å². The molecule has 1 aromatic carbocycles. The van der Waals surface area contributed by atoms with Gasteiger partial charge >= 0.3 is 5.97 Å². The smallest absolute Gasteiger partial charge is 0.327 e. The number of ether oxygens (including phenoxy) is 1. The van der Waals surface area contributed by atoms with E-state index in [0.717, 1.165) is 30.3 Å². The predicted octanol–water partition coefficient (Wildman–Crippen LogP) is 1.81. The second-order valence-corrected chi connectivity index (χ2v) is 6.64. The average Bonchev–Trinajstić information content (AvgIpc) is 2.97. The molecular formula is C16H16NO2SSi. The van der Waals surface area contributed by atoms with Crippen LogP contribution in [0.3, 0.4) is 0 Å². The van der Waals surface area contributed by atoms with Gasteiger partial charge in [-0.25, -0.2) is 4.79 Å². The van der Waals surface area contributed by atoms with Crippen molar-refractivity contribution in [2.45, 2.75) is 19.0 Å². The summed E-state index contributed by atoms with van der Waals surface area (Å²) in [7, 11) is 5.06. The van der Waals surface area contributed by atoms with Crippen LogP contribution in [0.2, 0.25) is 0 Å². The largest absolute Gasteiger partial charge is 0.468 e. The maximum Gasteiger partial charge on any atom is 0.327 e. The third kappa shape index (κ3) is 2.81. The third-order valence-electron chi connectivity index (χ3n) is 3.88. The Morgan fingerprint density at radius 3 is 2.95 bits per heavy atom. The molecule has 0 amide bonds. The van der Waals surface area contributed by atoms with Crippen molar-refractivity contribution in [1.82, 2.24) is 4.90 Å². The highest BCUT2D eigenvalue weighted by Crippen LogP contribution is 2.30. The number of rotatable bonds is 3. The summed E-state index contributed by atoms with van der Waals surface area (Å²) in [5.74, 6) is -0.209. The van der Waals surface area contributed by atoms with Crippen LogP contribution in [0.4, 0.5) is 0 Å². The first-order valence-corrected chi connectivity index (χ1v) is 8.26. The summed E-state index contributed by atoms with van der Waals surface area (Å²) in [6, 6.07) is 9.63. The Morgan fingerprint density at radius 2 is 2.19 bits per heavy atom. The van der Waals surface area contributed by atoms with Crippen LogP contribution in [0.25, 0.3) is 0 Å². The maximum atomic E-state index is 12.3. The number of nitrogens with zero attached hydrogens (tertiary/aromatic N) is 1. The zero-order valence-corrected chi connectivity index (χ0v) is 13.7. The second kappa shape index (κ2) is 6.13. The van der Waals surface area contributed by atoms with Gasteiger partial charge in [-0.2, -0.15) is 0 Å². The number of carbonyl (C=O) groups excluding carboxylic acids is 1. The van der Waals surface area contributed by atoms with Crippen molar-refractivity contribution >= 4 is 32.7 Å². The van der Waals surface area contributed by atoms with E-state index in [4.69, 9.17) is 4.74 Å². The van der Waals surface area contributed by atoms with Crippen molar-refractivity contribution < 1.29 is 9.53 Å². The molecule has 0 unspecified atom stereocenters. The van der Waals surface area contributed by atoms with Gasteiger partial charge in [-0.15, -0.1) is 11.3 Å². The molecule has 5 heteroatoms. The van der Waals surface area contributed by atoms with Crippen LogP contribution in [0.1, 0.15) is 22.0 Å². The Balaban J connectivity index is 1.94. The molecule has 0 bridgehead atoms. The fraction of sp³-hybridized carbons (Fsp3) is 0.312. The highest BCUT2D eigenvalue weighted by molar-refractivity contribution is 7.10. The monoisotopic (exact) mass is 314 g/mol. The minimum atomic E-state index is -0.364. The van der Waals surface area contributed by atoms with E-state index >= 15 is 0 Å². The van der Waals surface area contributed by atoms with E-state index in [1.165, 1.54) is 17.6 Å². The van der Waals surface area contributed by atoms with Gasteiger partial charge in [-0.1, -0.05) is 29.5 Å². The zero-order valence-electron chi connectivity index (χ0n) is 11.8.